The van der Waals surface area contributed by atoms with Gasteiger partial charge in [0.2, 0.25) is 0 Å². The summed E-state index contributed by atoms with van der Waals surface area (Å²) in [4.78, 5) is 4.15. The zero-order valence-electron chi connectivity index (χ0n) is 30.1. The molecular weight excluding hydrogens is 688 g/mol. The molecule has 9 nitrogen and oxygen atoms in total. The van der Waals surface area contributed by atoms with E-state index in [1.165, 1.54) is 11.8 Å². The van der Waals surface area contributed by atoms with Gasteiger partial charge < -0.3 is 35.1 Å². The van der Waals surface area contributed by atoms with Crippen LogP contribution in [0.25, 0.3) is 22.3 Å². The standard InChI is InChI=1S/C43H45ClN4O5/c1-29-34(5-3-7-38(29)39-8-4-6-37(30(39)2)33-9-11-36(12-10-33)51-18-16-46-15-17-49)27-53-42-21-41(52-26-32-19-31(22-45)23-47-24-32)35(20-40(42)44)25-48-28-43(50)13-14-43/h3-12,19-21,23-24,46,48-50H,13-18,25-28H2,1-2H3. The highest BCUT2D eigenvalue weighted by molar-refractivity contribution is 6.32. The molecule has 0 saturated heterocycles. The molecule has 0 unspecified atom stereocenters. The van der Waals surface area contributed by atoms with Crippen molar-refractivity contribution in [2.24, 2.45) is 0 Å². The number of aromatic nitrogens is 1. The van der Waals surface area contributed by atoms with Gasteiger partial charge in [0.1, 0.15) is 43.1 Å². The maximum Gasteiger partial charge on any atom is 0.142 e. The Labute approximate surface area is 316 Å². The smallest absolute Gasteiger partial charge is 0.142 e. The summed E-state index contributed by atoms with van der Waals surface area (Å²) in [7, 11) is 0. The number of rotatable bonds is 18. The van der Waals surface area contributed by atoms with E-state index in [9.17, 15) is 10.4 Å². The molecule has 0 radical (unpaired) electrons. The minimum absolute atomic E-state index is 0.110. The lowest BCUT2D eigenvalue weighted by Gasteiger charge is -2.18. The third-order valence-electron chi connectivity index (χ3n) is 9.48. The second kappa shape index (κ2) is 17.7. The van der Waals surface area contributed by atoms with Crippen LogP contribution in [0.4, 0.5) is 0 Å². The van der Waals surface area contributed by atoms with Crippen molar-refractivity contribution in [1.82, 2.24) is 15.6 Å². The summed E-state index contributed by atoms with van der Waals surface area (Å²) < 4.78 is 18.5. The Morgan fingerprint density at radius 1 is 0.811 bits per heavy atom. The highest BCUT2D eigenvalue weighted by atomic mass is 35.5. The van der Waals surface area contributed by atoms with Crippen molar-refractivity contribution in [3.63, 3.8) is 0 Å². The third-order valence-corrected chi connectivity index (χ3v) is 9.78. The lowest BCUT2D eigenvalue weighted by molar-refractivity contribution is 0.147. The van der Waals surface area contributed by atoms with Crippen molar-refractivity contribution >= 4 is 11.6 Å². The molecular formula is C43H45ClN4O5. The lowest BCUT2D eigenvalue weighted by atomic mass is 9.89. The molecule has 5 aromatic rings. The number of ether oxygens (including phenoxy) is 3. The van der Waals surface area contributed by atoms with Gasteiger partial charge in [-0.15, -0.1) is 0 Å². The molecule has 10 heteroatoms. The van der Waals surface area contributed by atoms with Crippen molar-refractivity contribution in [2.75, 3.05) is 32.8 Å². The third kappa shape index (κ3) is 9.93. The van der Waals surface area contributed by atoms with Crippen LogP contribution >= 0.6 is 11.6 Å². The number of nitriles is 1. The van der Waals surface area contributed by atoms with Crippen LogP contribution in [0.2, 0.25) is 5.02 Å². The Kier molecular flexibility index (Phi) is 12.6. The van der Waals surface area contributed by atoms with Gasteiger partial charge in [-0.1, -0.05) is 60.1 Å². The quantitative estimate of drug-likeness (QED) is 0.0687. The Bertz CT molecular complexity index is 2060. The second-order valence-corrected chi connectivity index (χ2v) is 13.8. The SMILES string of the molecule is Cc1c(COc2cc(OCc3cncc(C#N)c3)c(CNCC3(O)CC3)cc2Cl)cccc1-c1cccc(-c2ccc(OCCNCCO)cc2)c1C. The van der Waals surface area contributed by atoms with E-state index in [1.807, 2.05) is 24.3 Å². The van der Waals surface area contributed by atoms with Crippen LogP contribution < -0.4 is 24.8 Å². The summed E-state index contributed by atoms with van der Waals surface area (Å²) >= 11 is 6.80. The number of aliphatic hydroxyl groups is 2. The van der Waals surface area contributed by atoms with Gasteiger partial charge in [0, 0.05) is 55.8 Å². The normalized spacial score (nSPS) is 13.0. The molecule has 0 aliphatic heterocycles. The Morgan fingerprint density at radius 3 is 2.30 bits per heavy atom. The number of benzene rings is 4. The number of nitrogens with one attached hydrogen (secondary N) is 2. The van der Waals surface area contributed by atoms with Crippen LogP contribution in [0.15, 0.2) is 91.3 Å². The number of pyridine rings is 1. The molecule has 4 N–H and O–H groups in total. The van der Waals surface area contributed by atoms with Gasteiger partial charge in [0.15, 0.2) is 0 Å². The van der Waals surface area contributed by atoms with Gasteiger partial charge in [-0.25, -0.2) is 0 Å². The molecule has 1 aromatic heterocycles. The van der Waals surface area contributed by atoms with E-state index in [1.54, 1.807) is 12.3 Å². The first-order chi connectivity index (χ1) is 25.8. The predicted octanol–water partition coefficient (Wildman–Crippen LogP) is 7.29. The Balaban J connectivity index is 1.18. The number of nitrogens with zero attached hydrogens (tertiary/aromatic N) is 2. The zero-order chi connectivity index (χ0) is 37.2. The lowest BCUT2D eigenvalue weighted by Crippen LogP contribution is -2.27. The summed E-state index contributed by atoms with van der Waals surface area (Å²) in [5.41, 5.74) is 9.28. The van der Waals surface area contributed by atoms with Crippen LogP contribution in [-0.4, -0.2) is 53.6 Å². The van der Waals surface area contributed by atoms with Gasteiger partial charge in [0.25, 0.3) is 0 Å². The maximum atomic E-state index is 10.3. The highest BCUT2D eigenvalue weighted by Gasteiger charge is 2.39. The van der Waals surface area contributed by atoms with E-state index in [0.29, 0.717) is 61.5 Å². The molecule has 1 aliphatic carbocycles. The summed E-state index contributed by atoms with van der Waals surface area (Å²) in [5.74, 6) is 1.89. The van der Waals surface area contributed by atoms with E-state index in [-0.39, 0.29) is 13.2 Å². The first kappa shape index (κ1) is 37.8. The molecule has 274 valence electrons. The van der Waals surface area contributed by atoms with E-state index in [0.717, 1.165) is 63.1 Å². The largest absolute Gasteiger partial charge is 0.492 e. The minimum Gasteiger partial charge on any atom is -0.492 e. The van der Waals surface area contributed by atoms with Crippen LogP contribution in [0, 0.1) is 25.2 Å². The molecule has 1 aliphatic rings. The summed E-state index contributed by atoms with van der Waals surface area (Å²) in [6.07, 6.45) is 4.78. The van der Waals surface area contributed by atoms with E-state index in [2.05, 4.69) is 84.1 Å². The van der Waals surface area contributed by atoms with Gasteiger partial charge in [-0.2, -0.15) is 5.26 Å². The molecule has 1 heterocycles. The van der Waals surface area contributed by atoms with Gasteiger partial charge in [-0.3, -0.25) is 4.98 Å². The van der Waals surface area contributed by atoms with Crippen molar-refractivity contribution in [2.45, 2.75) is 52.0 Å². The fourth-order valence-electron chi connectivity index (χ4n) is 6.20. The zero-order valence-corrected chi connectivity index (χ0v) is 30.9. The average Bonchev–Trinajstić information content (AvgIpc) is 3.91. The number of hydrogen-bond acceptors (Lipinski definition) is 9. The predicted molar refractivity (Wildman–Crippen MR) is 207 cm³/mol. The van der Waals surface area contributed by atoms with E-state index < -0.39 is 5.60 Å². The van der Waals surface area contributed by atoms with Crippen molar-refractivity contribution in [3.05, 3.63) is 130 Å². The molecule has 53 heavy (non-hydrogen) atoms. The Morgan fingerprint density at radius 2 is 1.55 bits per heavy atom. The fourth-order valence-corrected chi connectivity index (χ4v) is 6.44. The monoisotopic (exact) mass is 732 g/mol. The first-order valence-corrected chi connectivity index (χ1v) is 18.2. The molecule has 1 saturated carbocycles. The summed E-state index contributed by atoms with van der Waals surface area (Å²) in [6, 6.07) is 28.3. The number of aliphatic hydroxyl groups excluding tert-OH is 1. The van der Waals surface area contributed by atoms with Crippen molar-refractivity contribution < 1.29 is 24.4 Å². The molecule has 1 fully saturated rings. The van der Waals surface area contributed by atoms with Gasteiger partial charge in [-0.05, 0) is 89.9 Å². The summed E-state index contributed by atoms with van der Waals surface area (Å²) in [5, 5.41) is 35.4. The molecule has 4 aromatic carbocycles. The first-order valence-electron chi connectivity index (χ1n) is 17.9. The molecule has 0 atom stereocenters. The maximum absolute atomic E-state index is 10.3. The van der Waals surface area contributed by atoms with Crippen LogP contribution in [0.3, 0.4) is 0 Å². The van der Waals surface area contributed by atoms with Crippen LogP contribution in [0.1, 0.15) is 46.2 Å². The molecule has 0 spiro atoms. The van der Waals surface area contributed by atoms with E-state index in [4.69, 9.17) is 30.9 Å². The minimum atomic E-state index is -0.635. The topological polar surface area (TPSA) is 129 Å². The number of hydrogen-bond donors (Lipinski definition) is 4. The highest BCUT2D eigenvalue weighted by Crippen LogP contribution is 2.38. The second-order valence-electron chi connectivity index (χ2n) is 13.4. The Hall–Kier alpha value is -4.95. The van der Waals surface area contributed by atoms with Crippen molar-refractivity contribution in [1.29, 1.82) is 5.26 Å². The fraction of sp³-hybridized carbons (Fsp3) is 0.302. The summed E-state index contributed by atoms with van der Waals surface area (Å²) in [6.45, 7) is 7.58. The molecule has 0 amide bonds. The molecule has 0 bridgehead atoms. The molecule has 6 rings (SSSR count). The van der Waals surface area contributed by atoms with Crippen LogP contribution in [0.5, 0.6) is 17.2 Å². The van der Waals surface area contributed by atoms with Gasteiger partial charge in [0.05, 0.1) is 22.8 Å². The van der Waals surface area contributed by atoms with E-state index >= 15 is 0 Å². The van der Waals surface area contributed by atoms with Gasteiger partial charge >= 0.3 is 0 Å². The van der Waals surface area contributed by atoms with Crippen molar-refractivity contribution in [3.8, 4) is 45.6 Å². The number of halogens is 1. The average molecular weight is 733 g/mol. The van der Waals surface area contributed by atoms with Crippen LogP contribution in [-0.2, 0) is 19.8 Å².